The van der Waals surface area contributed by atoms with E-state index in [0.29, 0.717) is 37.0 Å². The van der Waals surface area contributed by atoms with Crippen LogP contribution < -0.4 is 9.47 Å². The molecule has 4 aromatic rings. The highest BCUT2D eigenvalue weighted by molar-refractivity contribution is 5.78. The van der Waals surface area contributed by atoms with Crippen molar-refractivity contribution in [2.45, 2.75) is 38.9 Å². The Kier molecular flexibility index (Phi) is 7.70. The fourth-order valence-electron chi connectivity index (χ4n) is 5.86. The van der Waals surface area contributed by atoms with E-state index in [1.165, 1.54) is 6.07 Å². The Balaban J connectivity index is 1.02. The van der Waals surface area contributed by atoms with Gasteiger partial charge in [-0.05, 0) is 71.8 Å². The third kappa shape index (κ3) is 5.95. The minimum Gasteiger partial charge on any atom is -0.489 e. The van der Waals surface area contributed by atoms with Gasteiger partial charge in [-0.2, -0.15) is 0 Å². The second kappa shape index (κ2) is 11.7. The van der Waals surface area contributed by atoms with Gasteiger partial charge in [0, 0.05) is 35.2 Å². The smallest absolute Gasteiger partial charge is 0.307 e. The number of aromatic nitrogens is 1. The number of aryl methyl sites for hydroxylation is 1. The fraction of sp³-hybridized carbons (Fsp3) is 0.294. The number of carbonyl (C=O) groups is 1. The summed E-state index contributed by atoms with van der Waals surface area (Å²) in [5, 5.41) is 9.33. The quantitative estimate of drug-likeness (QED) is 0.196. The van der Waals surface area contributed by atoms with Crippen LogP contribution in [-0.4, -0.2) is 29.3 Å². The van der Waals surface area contributed by atoms with E-state index in [2.05, 4.69) is 4.98 Å². The predicted octanol–water partition coefficient (Wildman–Crippen LogP) is 6.73. The zero-order chi connectivity index (χ0) is 28.3. The highest BCUT2D eigenvalue weighted by atomic mass is 19.1. The number of hydrogen-bond donors (Lipinski definition) is 1. The normalized spacial score (nSPS) is 18.4. The number of pyridine rings is 1. The Morgan fingerprint density at radius 3 is 2.63 bits per heavy atom. The summed E-state index contributed by atoms with van der Waals surface area (Å²) in [6.07, 6.45) is 1.51. The Morgan fingerprint density at radius 2 is 1.83 bits per heavy atom. The van der Waals surface area contributed by atoms with E-state index in [-0.39, 0.29) is 30.2 Å². The highest BCUT2D eigenvalue weighted by Gasteiger charge is 2.59. The van der Waals surface area contributed by atoms with E-state index in [9.17, 15) is 14.3 Å². The van der Waals surface area contributed by atoms with Crippen molar-refractivity contribution >= 4 is 5.97 Å². The molecule has 1 saturated carbocycles. The molecule has 2 aliphatic rings. The molecule has 0 radical (unpaired) electrons. The lowest BCUT2D eigenvalue weighted by atomic mass is 10.0. The van der Waals surface area contributed by atoms with Crippen molar-refractivity contribution in [1.29, 1.82) is 0 Å². The van der Waals surface area contributed by atoms with Crippen LogP contribution in [0.4, 0.5) is 4.39 Å². The van der Waals surface area contributed by atoms with Gasteiger partial charge in [0.25, 0.3) is 0 Å². The van der Waals surface area contributed by atoms with Crippen molar-refractivity contribution < 1.29 is 28.5 Å². The first-order chi connectivity index (χ1) is 20.0. The number of ether oxygens (including phenoxy) is 3. The zero-order valence-electron chi connectivity index (χ0n) is 22.9. The first kappa shape index (κ1) is 27.0. The first-order valence-electron chi connectivity index (χ1n) is 14.0. The van der Waals surface area contributed by atoms with Gasteiger partial charge < -0.3 is 19.3 Å². The van der Waals surface area contributed by atoms with Gasteiger partial charge >= 0.3 is 5.97 Å². The van der Waals surface area contributed by atoms with Crippen LogP contribution in [0.2, 0.25) is 0 Å². The number of hydrogen-bond acceptors (Lipinski definition) is 5. The SMILES string of the molecule is Cc1nc(OCCCOCc2ccccc2)ccc1-c1ccc(F)c(COc2ccc3c(c2)CC2C(C(=O)O)C32)c1. The van der Waals surface area contributed by atoms with Gasteiger partial charge in [0.1, 0.15) is 18.2 Å². The molecule has 3 atom stereocenters. The minimum absolute atomic E-state index is 0.0864. The number of halogens is 1. The fourth-order valence-corrected chi connectivity index (χ4v) is 5.86. The average molecular weight is 554 g/mol. The number of carboxylic acids is 1. The van der Waals surface area contributed by atoms with E-state index in [4.69, 9.17) is 14.2 Å². The van der Waals surface area contributed by atoms with Crippen molar-refractivity contribution in [3.05, 3.63) is 113 Å². The van der Waals surface area contributed by atoms with Crippen molar-refractivity contribution in [1.82, 2.24) is 4.98 Å². The van der Waals surface area contributed by atoms with Crippen molar-refractivity contribution in [3.63, 3.8) is 0 Å². The molecule has 0 bridgehead atoms. The maximum Gasteiger partial charge on any atom is 0.307 e. The van der Waals surface area contributed by atoms with Crippen molar-refractivity contribution in [2.75, 3.05) is 13.2 Å². The summed E-state index contributed by atoms with van der Waals surface area (Å²) in [5.41, 5.74) is 6.38. The molecule has 1 heterocycles. The largest absolute Gasteiger partial charge is 0.489 e. The summed E-state index contributed by atoms with van der Waals surface area (Å²) in [4.78, 5) is 15.9. The van der Waals surface area contributed by atoms with Crippen LogP contribution in [0.1, 0.15) is 40.3 Å². The molecule has 2 aliphatic carbocycles. The summed E-state index contributed by atoms with van der Waals surface area (Å²) in [6, 6.07) is 24.6. The molecule has 210 valence electrons. The number of benzene rings is 3. The first-order valence-corrected chi connectivity index (χ1v) is 14.0. The van der Waals surface area contributed by atoms with Crippen LogP contribution in [0.3, 0.4) is 0 Å². The van der Waals surface area contributed by atoms with E-state index in [1.807, 2.05) is 67.6 Å². The van der Waals surface area contributed by atoms with Crippen LogP contribution in [0.15, 0.2) is 78.9 Å². The van der Waals surface area contributed by atoms with Crippen molar-refractivity contribution in [2.24, 2.45) is 11.8 Å². The molecule has 0 aliphatic heterocycles. The van der Waals surface area contributed by atoms with Gasteiger partial charge in [-0.3, -0.25) is 4.79 Å². The average Bonchev–Trinajstić information content (AvgIpc) is 3.57. The Bertz CT molecular complexity index is 1560. The van der Waals surface area contributed by atoms with Crippen LogP contribution in [0, 0.1) is 24.6 Å². The third-order valence-electron chi connectivity index (χ3n) is 7.99. The van der Waals surface area contributed by atoms with Gasteiger partial charge in [0.05, 0.1) is 25.7 Å². The molecule has 1 aromatic heterocycles. The second-order valence-electron chi connectivity index (χ2n) is 10.7. The summed E-state index contributed by atoms with van der Waals surface area (Å²) in [5.74, 6) is 0.220. The molecule has 0 saturated heterocycles. The number of carboxylic acid groups (broad SMARTS) is 1. The number of fused-ring (bicyclic) bond motifs is 3. The van der Waals surface area contributed by atoms with Crippen LogP contribution in [-0.2, 0) is 29.2 Å². The predicted molar refractivity (Wildman–Crippen MR) is 152 cm³/mol. The van der Waals surface area contributed by atoms with Gasteiger partial charge in [0.2, 0.25) is 5.88 Å². The topological polar surface area (TPSA) is 77.9 Å². The monoisotopic (exact) mass is 553 g/mol. The second-order valence-corrected chi connectivity index (χ2v) is 10.7. The van der Waals surface area contributed by atoms with Crippen LogP contribution >= 0.6 is 0 Å². The van der Waals surface area contributed by atoms with E-state index in [0.717, 1.165) is 46.4 Å². The summed E-state index contributed by atoms with van der Waals surface area (Å²) < 4.78 is 32.2. The van der Waals surface area contributed by atoms with E-state index < -0.39 is 5.97 Å². The lowest BCUT2D eigenvalue weighted by Crippen LogP contribution is -2.05. The Morgan fingerprint density at radius 1 is 0.976 bits per heavy atom. The summed E-state index contributed by atoms with van der Waals surface area (Å²) >= 11 is 0. The molecule has 6 rings (SSSR count). The molecule has 0 spiro atoms. The molecule has 41 heavy (non-hydrogen) atoms. The number of aliphatic carboxylic acids is 1. The molecule has 6 nitrogen and oxygen atoms in total. The molecule has 7 heteroatoms. The Labute approximate surface area is 238 Å². The van der Waals surface area contributed by atoms with E-state index in [1.54, 1.807) is 12.1 Å². The number of rotatable bonds is 12. The van der Waals surface area contributed by atoms with Crippen molar-refractivity contribution in [3.8, 4) is 22.8 Å². The molecule has 3 aromatic carbocycles. The third-order valence-corrected chi connectivity index (χ3v) is 7.99. The standard InChI is InChI=1S/C34H32FNO5/c1-21-27(11-13-31(36-21)40-15-5-14-39-19-22-6-3-2-4-7-22)23-8-12-30(35)25(16-23)20-41-26-9-10-28-24(17-26)18-29-32(28)33(29)34(37)38/h2-4,6-13,16-17,29,32-33H,5,14-15,18-20H2,1H3,(H,37,38). The molecule has 1 N–H and O–H groups in total. The van der Waals surface area contributed by atoms with Gasteiger partial charge in [-0.1, -0.05) is 42.5 Å². The summed E-state index contributed by atoms with van der Waals surface area (Å²) in [6.45, 7) is 3.69. The van der Waals surface area contributed by atoms with Crippen LogP contribution in [0.5, 0.6) is 11.6 Å². The van der Waals surface area contributed by atoms with Gasteiger partial charge in [-0.15, -0.1) is 0 Å². The highest BCUT2D eigenvalue weighted by Crippen LogP contribution is 2.61. The molecule has 0 amide bonds. The van der Waals surface area contributed by atoms with Crippen LogP contribution in [0.25, 0.3) is 11.1 Å². The maximum atomic E-state index is 14.7. The molecular formula is C34H32FNO5. The maximum absolute atomic E-state index is 14.7. The molecule has 1 fully saturated rings. The lowest BCUT2D eigenvalue weighted by molar-refractivity contribution is -0.139. The molecular weight excluding hydrogens is 521 g/mol. The minimum atomic E-state index is -0.714. The zero-order valence-corrected chi connectivity index (χ0v) is 22.9. The van der Waals surface area contributed by atoms with E-state index >= 15 is 0 Å². The number of nitrogens with zero attached hydrogens (tertiary/aromatic N) is 1. The van der Waals surface area contributed by atoms with Gasteiger partial charge in [-0.25, -0.2) is 9.37 Å². The lowest BCUT2D eigenvalue weighted by Gasteiger charge is -2.13. The molecule has 3 unspecified atom stereocenters. The van der Waals surface area contributed by atoms with Gasteiger partial charge in [0.15, 0.2) is 0 Å². The Hall–Kier alpha value is -4.23. The summed E-state index contributed by atoms with van der Waals surface area (Å²) in [7, 11) is 0.